The van der Waals surface area contributed by atoms with E-state index >= 15 is 0 Å². The Morgan fingerprint density at radius 1 is 1.47 bits per heavy atom. The van der Waals surface area contributed by atoms with Crippen molar-refractivity contribution in [1.29, 1.82) is 0 Å². The van der Waals surface area contributed by atoms with E-state index in [1.165, 1.54) is 0 Å². The monoisotopic (exact) mass is 271 g/mol. The molecule has 0 aromatic rings. The molecule has 5 nitrogen and oxygen atoms in total. The van der Waals surface area contributed by atoms with E-state index in [-0.39, 0.29) is 24.0 Å². The molecule has 19 heavy (non-hydrogen) atoms. The van der Waals surface area contributed by atoms with Crippen LogP contribution < -0.4 is 0 Å². The van der Waals surface area contributed by atoms with Gasteiger partial charge < -0.3 is 19.5 Å². The van der Waals surface area contributed by atoms with Crippen LogP contribution in [-0.2, 0) is 9.47 Å². The van der Waals surface area contributed by atoms with E-state index in [0.29, 0.717) is 19.7 Å². The number of amides is 1. The first kappa shape index (κ1) is 14.6. The predicted octanol–water partition coefficient (Wildman–Crippen LogP) is 1.64. The second kappa shape index (κ2) is 5.29. The van der Waals surface area contributed by atoms with Gasteiger partial charge in [-0.15, -0.1) is 0 Å². The van der Waals surface area contributed by atoms with Crippen LogP contribution in [0, 0.1) is 11.3 Å². The van der Waals surface area contributed by atoms with Crippen LogP contribution in [0.15, 0.2) is 0 Å². The fourth-order valence-corrected chi connectivity index (χ4v) is 3.04. The van der Waals surface area contributed by atoms with Crippen LogP contribution in [0.1, 0.15) is 33.6 Å². The molecule has 1 spiro atoms. The molecule has 1 N–H and O–H groups in total. The Labute approximate surface area is 114 Å². The zero-order valence-electron chi connectivity index (χ0n) is 12.1. The predicted molar refractivity (Wildman–Crippen MR) is 70.9 cm³/mol. The number of hydrogen-bond donors (Lipinski definition) is 1. The van der Waals surface area contributed by atoms with Crippen molar-refractivity contribution in [2.75, 3.05) is 32.9 Å². The van der Waals surface area contributed by atoms with Gasteiger partial charge in [0.05, 0.1) is 6.61 Å². The third kappa shape index (κ3) is 3.20. The minimum Gasteiger partial charge on any atom is -0.444 e. The lowest BCUT2D eigenvalue weighted by atomic mass is 9.71. The van der Waals surface area contributed by atoms with Crippen molar-refractivity contribution < 1.29 is 19.4 Å². The smallest absolute Gasteiger partial charge is 0.410 e. The first-order chi connectivity index (χ1) is 8.86. The normalized spacial score (nSPS) is 31.8. The highest BCUT2D eigenvalue weighted by molar-refractivity contribution is 5.68. The average Bonchev–Trinajstić information content (AvgIpc) is 2.73. The zero-order chi connectivity index (χ0) is 14.1. The van der Waals surface area contributed by atoms with Crippen molar-refractivity contribution in [3.63, 3.8) is 0 Å². The first-order valence-corrected chi connectivity index (χ1v) is 7.03. The van der Waals surface area contributed by atoms with Crippen LogP contribution in [0.3, 0.4) is 0 Å². The summed E-state index contributed by atoms with van der Waals surface area (Å²) in [6.07, 6.45) is 1.60. The van der Waals surface area contributed by atoms with Gasteiger partial charge in [-0.2, -0.15) is 0 Å². The Kier molecular flexibility index (Phi) is 4.06. The molecule has 2 saturated heterocycles. The fraction of sp³-hybridized carbons (Fsp3) is 0.929. The Hall–Kier alpha value is -0.810. The van der Waals surface area contributed by atoms with Gasteiger partial charge in [-0.25, -0.2) is 4.79 Å². The van der Waals surface area contributed by atoms with E-state index in [1.807, 2.05) is 20.8 Å². The summed E-state index contributed by atoms with van der Waals surface area (Å²) in [5.74, 6) is 0.133. The summed E-state index contributed by atoms with van der Waals surface area (Å²) >= 11 is 0. The second-order valence-corrected chi connectivity index (χ2v) is 6.72. The number of aliphatic hydroxyl groups is 1. The molecule has 2 heterocycles. The number of carbonyl (C=O) groups is 1. The maximum absolute atomic E-state index is 12.1. The van der Waals surface area contributed by atoms with Crippen LogP contribution in [0.4, 0.5) is 4.79 Å². The van der Waals surface area contributed by atoms with Crippen molar-refractivity contribution in [3.8, 4) is 0 Å². The third-order valence-electron chi connectivity index (χ3n) is 4.19. The molecule has 110 valence electrons. The highest BCUT2D eigenvalue weighted by Gasteiger charge is 2.47. The SMILES string of the molecule is CC(C)(C)OC(=O)N1CC[C@]2(CCOC[C@H]2CO)C1. The number of likely N-dealkylation sites (tertiary alicyclic amines) is 1. The molecule has 2 fully saturated rings. The minimum atomic E-state index is -0.459. The van der Waals surface area contributed by atoms with E-state index in [1.54, 1.807) is 4.90 Å². The molecule has 1 amide bonds. The lowest BCUT2D eigenvalue weighted by Crippen LogP contribution is -2.44. The fourth-order valence-electron chi connectivity index (χ4n) is 3.04. The third-order valence-corrected chi connectivity index (χ3v) is 4.19. The molecule has 0 unspecified atom stereocenters. The highest BCUT2D eigenvalue weighted by atomic mass is 16.6. The number of carbonyl (C=O) groups excluding carboxylic acids is 1. The highest BCUT2D eigenvalue weighted by Crippen LogP contribution is 2.43. The van der Waals surface area contributed by atoms with Crippen molar-refractivity contribution in [1.82, 2.24) is 4.90 Å². The molecule has 0 aromatic carbocycles. The Morgan fingerprint density at radius 2 is 2.21 bits per heavy atom. The van der Waals surface area contributed by atoms with Crippen LogP contribution in [-0.4, -0.2) is 54.6 Å². The van der Waals surface area contributed by atoms with Crippen molar-refractivity contribution in [2.24, 2.45) is 11.3 Å². The summed E-state index contributed by atoms with van der Waals surface area (Å²) in [6, 6.07) is 0. The summed E-state index contributed by atoms with van der Waals surface area (Å²) < 4.78 is 10.9. The molecule has 2 atom stereocenters. The molecule has 5 heteroatoms. The molecule has 2 rings (SSSR count). The molecule has 0 bridgehead atoms. The van der Waals surface area contributed by atoms with Gasteiger partial charge in [0.25, 0.3) is 0 Å². The van der Waals surface area contributed by atoms with E-state index < -0.39 is 5.60 Å². The molecule has 2 aliphatic rings. The standard InChI is InChI=1S/C14H25NO4/c1-13(2,3)19-12(17)15-6-4-14(10-15)5-7-18-9-11(14)8-16/h11,16H,4-10H2,1-3H3/t11-,14+/m1/s1. The minimum absolute atomic E-state index is 0.0178. The summed E-state index contributed by atoms with van der Waals surface area (Å²) in [6.45, 7) is 8.46. The van der Waals surface area contributed by atoms with Gasteiger partial charge in [-0.05, 0) is 39.0 Å². The Balaban J connectivity index is 2.00. The lowest BCUT2D eigenvalue weighted by Gasteiger charge is -2.40. The summed E-state index contributed by atoms with van der Waals surface area (Å²) in [4.78, 5) is 13.9. The molecule has 0 radical (unpaired) electrons. The molecule has 0 aromatic heterocycles. The Bertz CT molecular complexity index is 339. The molecular weight excluding hydrogens is 246 g/mol. The second-order valence-electron chi connectivity index (χ2n) is 6.72. The van der Waals surface area contributed by atoms with Gasteiger partial charge in [-0.1, -0.05) is 0 Å². The maximum Gasteiger partial charge on any atom is 0.410 e. The first-order valence-electron chi connectivity index (χ1n) is 7.03. The van der Waals surface area contributed by atoms with Crippen LogP contribution in [0.2, 0.25) is 0 Å². The molecular formula is C14H25NO4. The summed E-state index contributed by atoms with van der Waals surface area (Å²) in [5, 5.41) is 9.51. The van der Waals surface area contributed by atoms with Crippen molar-refractivity contribution >= 4 is 6.09 Å². The van der Waals surface area contributed by atoms with Gasteiger partial charge in [0, 0.05) is 32.2 Å². The van der Waals surface area contributed by atoms with Crippen molar-refractivity contribution in [2.45, 2.75) is 39.2 Å². The zero-order valence-corrected chi connectivity index (χ0v) is 12.1. The topological polar surface area (TPSA) is 59.0 Å². The van der Waals surface area contributed by atoms with E-state index in [9.17, 15) is 9.90 Å². The van der Waals surface area contributed by atoms with Crippen LogP contribution >= 0.6 is 0 Å². The number of ether oxygens (including phenoxy) is 2. The van der Waals surface area contributed by atoms with Gasteiger partial charge >= 0.3 is 6.09 Å². The largest absolute Gasteiger partial charge is 0.444 e. The number of hydrogen-bond acceptors (Lipinski definition) is 4. The van der Waals surface area contributed by atoms with Crippen molar-refractivity contribution in [3.05, 3.63) is 0 Å². The lowest BCUT2D eigenvalue weighted by molar-refractivity contribution is -0.0581. The average molecular weight is 271 g/mol. The molecule has 0 saturated carbocycles. The summed E-state index contributed by atoms with van der Waals surface area (Å²) in [5.41, 5.74) is -0.442. The van der Waals surface area contributed by atoms with Gasteiger partial charge in [0.1, 0.15) is 5.60 Å². The molecule has 0 aliphatic carbocycles. The van der Waals surface area contributed by atoms with E-state index in [0.717, 1.165) is 19.4 Å². The van der Waals surface area contributed by atoms with E-state index in [2.05, 4.69) is 0 Å². The van der Waals surface area contributed by atoms with Crippen LogP contribution in [0.25, 0.3) is 0 Å². The molecule has 2 aliphatic heterocycles. The maximum atomic E-state index is 12.1. The quantitative estimate of drug-likeness (QED) is 0.787. The Morgan fingerprint density at radius 3 is 2.84 bits per heavy atom. The number of aliphatic hydroxyl groups excluding tert-OH is 1. The van der Waals surface area contributed by atoms with Gasteiger partial charge in [0.2, 0.25) is 0 Å². The van der Waals surface area contributed by atoms with Gasteiger partial charge in [-0.3, -0.25) is 0 Å². The summed E-state index contributed by atoms with van der Waals surface area (Å²) in [7, 11) is 0. The van der Waals surface area contributed by atoms with Crippen LogP contribution in [0.5, 0.6) is 0 Å². The number of nitrogens with zero attached hydrogens (tertiary/aromatic N) is 1. The van der Waals surface area contributed by atoms with E-state index in [4.69, 9.17) is 9.47 Å². The number of rotatable bonds is 1. The van der Waals surface area contributed by atoms with Gasteiger partial charge in [0.15, 0.2) is 0 Å².